The number of benzene rings is 1. The molecule has 0 aliphatic rings. The van der Waals surface area contributed by atoms with Gasteiger partial charge in [0.1, 0.15) is 5.01 Å². The molecule has 0 N–H and O–H groups in total. The number of rotatable bonds is 3. The summed E-state index contributed by atoms with van der Waals surface area (Å²) in [5.41, 5.74) is 1.04. The number of thiocarbonyl (C=S) groups is 1. The zero-order chi connectivity index (χ0) is 10.7. The minimum atomic E-state index is 0.622. The second-order valence-electron chi connectivity index (χ2n) is 3.06. The zero-order valence-corrected chi connectivity index (χ0v) is 10.0. The summed E-state index contributed by atoms with van der Waals surface area (Å²) in [5.74, 6) is 0. The molecule has 0 amide bonds. The third kappa shape index (κ3) is 2.52. The minimum absolute atomic E-state index is 0.622. The van der Waals surface area contributed by atoms with Crippen LogP contribution in [0.15, 0.2) is 24.3 Å². The molecule has 0 saturated heterocycles. The van der Waals surface area contributed by atoms with Gasteiger partial charge >= 0.3 is 0 Å². The van der Waals surface area contributed by atoms with Crippen LogP contribution >= 0.6 is 23.6 Å². The molecule has 0 atom stereocenters. The molecule has 0 radical (unpaired) electrons. The van der Waals surface area contributed by atoms with E-state index in [-0.39, 0.29) is 0 Å². The second-order valence-corrected chi connectivity index (χ2v) is 4.63. The molecular formula is C11H11NOS2. The summed E-state index contributed by atoms with van der Waals surface area (Å²) in [6.07, 6.45) is 0.641. The highest BCUT2D eigenvalue weighted by molar-refractivity contribution is 7.80. The first-order valence-corrected chi connectivity index (χ1v) is 6.02. The van der Waals surface area contributed by atoms with Crippen LogP contribution in [0.2, 0.25) is 0 Å². The fourth-order valence-corrected chi connectivity index (χ4v) is 2.64. The Balaban J connectivity index is 2.18. The average Bonchev–Trinajstić information content (AvgIpc) is 2.59. The van der Waals surface area contributed by atoms with Gasteiger partial charge in [0.2, 0.25) is 0 Å². The summed E-state index contributed by atoms with van der Waals surface area (Å²) >= 11 is 6.76. The van der Waals surface area contributed by atoms with E-state index in [1.54, 1.807) is 11.3 Å². The molecule has 1 aromatic carbocycles. The van der Waals surface area contributed by atoms with Crippen LogP contribution in [0.3, 0.4) is 0 Å². The van der Waals surface area contributed by atoms with Gasteiger partial charge in [-0.1, -0.05) is 12.1 Å². The molecule has 78 valence electrons. The molecule has 4 heteroatoms. The number of nitrogens with zero attached hydrogens (tertiary/aromatic N) is 1. The molecule has 0 spiro atoms. The molecule has 15 heavy (non-hydrogen) atoms. The SMILES string of the molecule is CCOC(=S)Cc1nc2ccccc2s1. The maximum Gasteiger partial charge on any atom is 0.166 e. The standard InChI is InChI=1S/C11H11NOS2/c1-2-13-11(14)7-10-12-8-5-3-4-6-9(8)15-10/h3-6H,2,7H2,1H3. The highest BCUT2D eigenvalue weighted by Gasteiger charge is 2.05. The van der Waals surface area contributed by atoms with Crippen LogP contribution in [0.25, 0.3) is 10.2 Å². The molecular weight excluding hydrogens is 226 g/mol. The summed E-state index contributed by atoms with van der Waals surface area (Å²) in [5, 5.41) is 1.64. The Labute approximate surface area is 97.9 Å². The number of para-hydroxylation sites is 1. The quantitative estimate of drug-likeness (QED) is 0.765. The molecule has 0 bridgehead atoms. The Morgan fingerprint density at radius 3 is 3.00 bits per heavy atom. The van der Waals surface area contributed by atoms with Gasteiger partial charge in [0.15, 0.2) is 5.05 Å². The first-order valence-electron chi connectivity index (χ1n) is 4.79. The van der Waals surface area contributed by atoms with Crippen molar-refractivity contribution >= 4 is 38.8 Å². The predicted molar refractivity (Wildman–Crippen MR) is 67.5 cm³/mol. The van der Waals surface area contributed by atoms with Gasteiger partial charge in [0.05, 0.1) is 23.2 Å². The number of fused-ring (bicyclic) bond motifs is 1. The lowest BCUT2D eigenvalue weighted by atomic mass is 10.3. The Morgan fingerprint density at radius 1 is 1.47 bits per heavy atom. The predicted octanol–water partition coefficient (Wildman–Crippen LogP) is 3.20. The van der Waals surface area contributed by atoms with Gasteiger partial charge in [-0.2, -0.15) is 0 Å². The van der Waals surface area contributed by atoms with Crippen molar-refractivity contribution in [1.29, 1.82) is 0 Å². The van der Waals surface area contributed by atoms with Gasteiger partial charge in [0.25, 0.3) is 0 Å². The Morgan fingerprint density at radius 2 is 2.27 bits per heavy atom. The Hall–Kier alpha value is -1.00. The second kappa shape index (κ2) is 4.68. The van der Waals surface area contributed by atoms with Crippen LogP contribution in [0, 0.1) is 0 Å². The van der Waals surface area contributed by atoms with E-state index in [0.717, 1.165) is 10.5 Å². The number of hydrogen-bond donors (Lipinski definition) is 0. The first-order chi connectivity index (χ1) is 7.29. The van der Waals surface area contributed by atoms with Crippen molar-refractivity contribution in [2.24, 2.45) is 0 Å². The van der Waals surface area contributed by atoms with E-state index >= 15 is 0 Å². The van der Waals surface area contributed by atoms with Crippen LogP contribution in [0.4, 0.5) is 0 Å². The van der Waals surface area contributed by atoms with Crippen molar-refractivity contribution in [3.05, 3.63) is 29.3 Å². The number of aromatic nitrogens is 1. The molecule has 0 saturated carbocycles. The van der Waals surface area contributed by atoms with E-state index in [0.29, 0.717) is 18.1 Å². The van der Waals surface area contributed by atoms with Gasteiger partial charge < -0.3 is 4.74 Å². The van der Waals surface area contributed by atoms with Gasteiger partial charge in [-0.05, 0) is 31.3 Å². The van der Waals surface area contributed by atoms with E-state index in [2.05, 4.69) is 11.1 Å². The fourth-order valence-electron chi connectivity index (χ4n) is 1.33. The molecule has 0 fully saturated rings. The highest BCUT2D eigenvalue weighted by Crippen LogP contribution is 2.22. The molecule has 0 aliphatic carbocycles. The van der Waals surface area contributed by atoms with Crippen molar-refractivity contribution in [1.82, 2.24) is 4.98 Å². The molecule has 2 aromatic rings. The number of thiazole rings is 1. The van der Waals surface area contributed by atoms with Crippen molar-refractivity contribution in [3.63, 3.8) is 0 Å². The lowest BCUT2D eigenvalue weighted by Crippen LogP contribution is -2.04. The molecule has 1 heterocycles. The van der Waals surface area contributed by atoms with Gasteiger partial charge in [0, 0.05) is 0 Å². The average molecular weight is 237 g/mol. The Kier molecular flexibility index (Phi) is 3.28. The lowest BCUT2D eigenvalue weighted by Gasteiger charge is -2.00. The normalized spacial score (nSPS) is 10.5. The summed E-state index contributed by atoms with van der Waals surface area (Å²) in [7, 11) is 0. The van der Waals surface area contributed by atoms with Crippen molar-refractivity contribution in [3.8, 4) is 0 Å². The maximum atomic E-state index is 5.24. The van der Waals surface area contributed by atoms with Crippen molar-refractivity contribution in [2.75, 3.05) is 6.61 Å². The summed E-state index contributed by atoms with van der Waals surface area (Å²) in [4.78, 5) is 4.49. The molecule has 2 nitrogen and oxygen atoms in total. The Bertz CT molecular complexity index is 445. The van der Waals surface area contributed by atoms with Gasteiger partial charge in [-0.15, -0.1) is 11.3 Å². The van der Waals surface area contributed by atoms with Crippen LogP contribution < -0.4 is 0 Å². The number of hydrogen-bond acceptors (Lipinski definition) is 4. The van der Waals surface area contributed by atoms with Crippen LogP contribution in [-0.4, -0.2) is 16.6 Å². The molecule has 0 unspecified atom stereocenters. The third-order valence-electron chi connectivity index (χ3n) is 1.94. The maximum absolute atomic E-state index is 5.24. The van der Waals surface area contributed by atoms with Crippen LogP contribution in [0.5, 0.6) is 0 Å². The third-order valence-corrected chi connectivity index (χ3v) is 3.24. The lowest BCUT2D eigenvalue weighted by molar-refractivity contribution is 0.330. The van der Waals surface area contributed by atoms with E-state index in [4.69, 9.17) is 17.0 Å². The monoisotopic (exact) mass is 237 g/mol. The molecule has 0 aliphatic heterocycles. The van der Waals surface area contributed by atoms with Gasteiger partial charge in [-0.25, -0.2) is 4.98 Å². The van der Waals surface area contributed by atoms with E-state index in [1.807, 2.05) is 25.1 Å². The summed E-state index contributed by atoms with van der Waals surface area (Å²) in [6, 6.07) is 8.09. The number of ether oxygens (including phenoxy) is 1. The molecule has 2 rings (SSSR count). The van der Waals surface area contributed by atoms with Crippen molar-refractivity contribution in [2.45, 2.75) is 13.3 Å². The van der Waals surface area contributed by atoms with E-state index in [1.165, 1.54) is 4.70 Å². The van der Waals surface area contributed by atoms with E-state index < -0.39 is 0 Å². The molecule has 1 aromatic heterocycles. The minimum Gasteiger partial charge on any atom is -0.487 e. The van der Waals surface area contributed by atoms with Crippen LogP contribution in [-0.2, 0) is 11.2 Å². The van der Waals surface area contributed by atoms with Gasteiger partial charge in [-0.3, -0.25) is 0 Å². The van der Waals surface area contributed by atoms with E-state index in [9.17, 15) is 0 Å². The summed E-state index contributed by atoms with van der Waals surface area (Å²) < 4.78 is 6.44. The smallest absolute Gasteiger partial charge is 0.166 e. The first kappa shape index (κ1) is 10.5. The summed E-state index contributed by atoms with van der Waals surface area (Å²) in [6.45, 7) is 2.56. The largest absolute Gasteiger partial charge is 0.487 e. The highest BCUT2D eigenvalue weighted by atomic mass is 32.1. The van der Waals surface area contributed by atoms with Crippen molar-refractivity contribution < 1.29 is 4.74 Å². The fraction of sp³-hybridized carbons (Fsp3) is 0.273. The van der Waals surface area contributed by atoms with Crippen LogP contribution in [0.1, 0.15) is 11.9 Å². The topological polar surface area (TPSA) is 22.1 Å². The zero-order valence-electron chi connectivity index (χ0n) is 8.40.